The molecule has 1 aromatic carbocycles. The van der Waals surface area contributed by atoms with E-state index in [4.69, 9.17) is 9.47 Å². The van der Waals surface area contributed by atoms with Gasteiger partial charge in [-0.05, 0) is 31.2 Å². The van der Waals surface area contributed by atoms with Crippen LogP contribution in [0.1, 0.15) is 29.1 Å². The van der Waals surface area contributed by atoms with Crippen LogP contribution in [0, 0.1) is 0 Å². The number of rotatable bonds is 4. The van der Waals surface area contributed by atoms with E-state index in [1.165, 1.54) is 7.11 Å². The van der Waals surface area contributed by atoms with E-state index in [0.29, 0.717) is 11.3 Å². The van der Waals surface area contributed by atoms with Crippen molar-refractivity contribution in [3.8, 4) is 5.75 Å². The minimum absolute atomic E-state index is 0.244. The maximum Gasteiger partial charge on any atom is 0.341 e. The number of methoxy groups -OCH3 is 1. The molecule has 0 saturated heterocycles. The Hall–Kier alpha value is -2.36. The summed E-state index contributed by atoms with van der Waals surface area (Å²) in [5.41, 5.74) is 1.22. The second kappa shape index (κ2) is 6.00. The summed E-state index contributed by atoms with van der Waals surface area (Å²) in [6, 6.07) is 12.6. The van der Waals surface area contributed by atoms with Gasteiger partial charge < -0.3 is 9.47 Å². The summed E-state index contributed by atoms with van der Waals surface area (Å²) in [6.07, 6.45) is 1.47. The molecule has 0 spiro atoms. The number of carbonyl (C=O) groups is 1. The Morgan fingerprint density at radius 2 is 1.89 bits per heavy atom. The molecule has 1 aromatic heterocycles. The van der Waals surface area contributed by atoms with Crippen LogP contribution in [0.2, 0.25) is 0 Å². The number of aromatic nitrogens is 1. The van der Waals surface area contributed by atoms with E-state index < -0.39 is 5.97 Å². The van der Waals surface area contributed by atoms with E-state index >= 15 is 0 Å². The van der Waals surface area contributed by atoms with Crippen molar-refractivity contribution < 1.29 is 14.3 Å². The molecule has 0 N–H and O–H groups in total. The topological polar surface area (TPSA) is 48.4 Å². The van der Waals surface area contributed by atoms with Gasteiger partial charge in [-0.15, -0.1) is 0 Å². The number of hydrogen-bond donors (Lipinski definition) is 0. The molecule has 0 radical (unpaired) electrons. The zero-order valence-electron chi connectivity index (χ0n) is 10.9. The monoisotopic (exact) mass is 257 g/mol. The van der Waals surface area contributed by atoms with Crippen molar-refractivity contribution >= 4 is 5.97 Å². The number of para-hydroxylation sites is 1. The lowest BCUT2D eigenvalue weighted by molar-refractivity contribution is 0.0593. The van der Waals surface area contributed by atoms with Crippen LogP contribution < -0.4 is 4.74 Å². The summed E-state index contributed by atoms with van der Waals surface area (Å²) in [4.78, 5) is 15.9. The number of benzene rings is 1. The van der Waals surface area contributed by atoms with E-state index in [-0.39, 0.29) is 6.10 Å². The van der Waals surface area contributed by atoms with Crippen molar-refractivity contribution in [2.75, 3.05) is 7.11 Å². The minimum atomic E-state index is -0.413. The Balaban J connectivity index is 2.22. The number of ether oxygens (including phenoxy) is 2. The molecule has 4 nitrogen and oxygen atoms in total. The Bertz CT molecular complexity index is 554. The van der Waals surface area contributed by atoms with Crippen LogP contribution in [0.15, 0.2) is 48.7 Å². The highest BCUT2D eigenvalue weighted by atomic mass is 16.5. The summed E-state index contributed by atoms with van der Waals surface area (Å²) >= 11 is 0. The van der Waals surface area contributed by atoms with Crippen LogP contribution in [-0.2, 0) is 4.74 Å². The van der Waals surface area contributed by atoms with Crippen LogP contribution >= 0.6 is 0 Å². The van der Waals surface area contributed by atoms with Gasteiger partial charge in [0.15, 0.2) is 0 Å². The summed E-state index contributed by atoms with van der Waals surface area (Å²) in [7, 11) is 1.35. The molecule has 0 aliphatic rings. The van der Waals surface area contributed by atoms with Gasteiger partial charge in [-0.2, -0.15) is 0 Å². The Labute approximate surface area is 112 Å². The van der Waals surface area contributed by atoms with Gasteiger partial charge in [0.05, 0.1) is 12.8 Å². The third-order valence-corrected chi connectivity index (χ3v) is 2.70. The van der Waals surface area contributed by atoms with Crippen LogP contribution in [0.4, 0.5) is 0 Å². The van der Waals surface area contributed by atoms with Gasteiger partial charge >= 0.3 is 5.97 Å². The fourth-order valence-corrected chi connectivity index (χ4v) is 1.72. The molecule has 0 bridgehead atoms. The quantitative estimate of drug-likeness (QED) is 0.790. The fraction of sp³-hybridized carbons (Fsp3) is 0.200. The molecule has 1 heterocycles. The zero-order chi connectivity index (χ0) is 13.7. The van der Waals surface area contributed by atoms with Gasteiger partial charge in [0.2, 0.25) is 0 Å². The molecule has 4 heteroatoms. The van der Waals surface area contributed by atoms with Crippen molar-refractivity contribution in [2.45, 2.75) is 13.0 Å². The molecular formula is C15H15NO3. The van der Waals surface area contributed by atoms with Crippen molar-refractivity contribution in [3.05, 3.63) is 59.9 Å². The maximum atomic E-state index is 11.6. The number of carbonyl (C=O) groups excluding carboxylic acids is 1. The second-order valence-corrected chi connectivity index (χ2v) is 4.00. The van der Waals surface area contributed by atoms with Crippen LogP contribution in [0.25, 0.3) is 0 Å². The van der Waals surface area contributed by atoms with Gasteiger partial charge in [-0.1, -0.05) is 18.2 Å². The first-order valence-electron chi connectivity index (χ1n) is 5.97. The largest absolute Gasteiger partial charge is 0.484 e. The third-order valence-electron chi connectivity index (χ3n) is 2.70. The molecule has 1 unspecified atom stereocenters. The van der Waals surface area contributed by atoms with Crippen LogP contribution in [0.5, 0.6) is 5.75 Å². The smallest absolute Gasteiger partial charge is 0.341 e. The molecular weight excluding hydrogens is 242 g/mol. The summed E-state index contributed by atoms with van der Waals surface area (Å²) < 4.78 is 10.5. The Morgan fingerprint density at radius 3 is 2.58 bits per heavy atom. The van der Waals surface area contributed by atoms with Crippen molar-refractivity contribution in [1.82, 2.24) is 4.98 Å². The van der Waals surface area contributed by atoms with Crippen molar-refractivity contribution in [2.24, 2.45) is 0 Å². The maximum absolute atomic E-state index is 11.6. The highest BCUT2D eigenvalue weighted by Crippen LogP contribution is 2.24. The van der Waals surface area contributed by atoms with Crippen molar-refractivity contribution in [3.63, 3.8) is 0 Å². The zero-order valence-corrected chi connectivity index (χ0v) is 10.9. The van der Waals surface area contributed by atoms with Crippen molar-refractivity contribution in [1.29, 1.82) is 0 Å². The standard InChI is InChI=1S/C15H15NO3/c1-11(13-8-5-6-10-16-13)19-14-9-4-3-7-12(14)15(17)18-2/h3-11H,1-2H3. The average molecular weight is 257 g/mol. The lowest BCUT2D eigenvalue weighted by Crippen LogP contribution is -2.09. The normalized spacial score (nSPS) is 11.7. The second-order valence-electron chi connectivity index (χ2n) is 4.00. The van der Waals surface area contributed by atoms with Crippen LogP contribution in [-0.4, -0.2) is 18.1 Å². The van der Waals surface area contributed by atoms with Gasteiger partial charge in [-0.3, -0.25) is 4.98 Å². The van der Waals surface area contributed by atoms with E-state index in [9.17, 15) is 4.79 Å². The van der Waals surface area contributed by atoms with Gasteiger partial charge in [0.1, 0.15) is 17.4 Å². The average Bonchev–Trinajstić information content (AvgIpc) is 2.48. The highest BCUT2D eigenvalue weighted by Gasteiger charge is 2.15. The highest BCUT2D eigenvalue weighted by molar-refractivity contribution is 5.92. The first kappa shape index (κ1) is 13.1. The number of hydrogen-bond acceptors (Lipinski definition) is 4. The van der Waals surface area contributed by atoms with E-state index in [0.717, 1.165) is 5.69 Å². The molecule has 98 valence electrons. The molecule has 0 aliphatic heterocycles. The minimum Gasteiger partial charge on any atom is -0.484 e. The predicted octanol–water partition coefficient (Wildman–Crippen LogP) is 3.01. The number of esters is 1. The molecule has 0 aliphatic carbocycles. The van der Waals surface area contributed by atoms with E-state index in [1.54, 1.807) is 24.4 Å². The van der Waals surface area contributed by atoms with E-state index in [1.807, 2.05) is 31.2 Å². The summed E-state index contributed by atoms with van der Waals surface area (Å²) in [5, 5.41) is 0. The summed E-state index contributed by atoms with van der Waals surface area (Å²) in [6.45, 7) is 1.89. The molecule has 0 fully saturated rings. The summed E-state index contributed by atoms with van der Waals surface area (Å²) in [5.74, 6) is 0.0799. The fourth-order valence-electron chi connectivity index (χ4n) is 1.72. The SMILES string of the molecule is COC(=O)c1ccccc1OC(C)c1ccccn1. The lowest BCUT2D eigenvalue weighted by Gasteiger charge is -2.16. The lowest BCUT2D eigenvalue weighted by atomic mass is 10.2. The Kier molecular flexibility index (Phi) is 4.13. The molecule has 1 atom stereocenters. The van der Waals surface area contributed by atoms with Crippen LogP contribution in [0.3, 0.4) is 0 Å². The third kappa shape index (κ3) is 3.10. The number of nitrogens with zero attached hydrogens (tertiary/aromatic N) is 1. The van der Waals surface area contributed by atoms with Gasteiger partial charge in [0, 0.05) is 6.20 Å². The first-order chi connectivity index (χ1) is 9.22. The van der Waals surface area contributed by atoms with Gasteiger partial charge in [0.25, 0.3) is 0 Å². The first-order valence-corrected chi connectivity index (χ1v) is 5.97. The molecule has 0 saturated carbocycles. The molecule has 2 aromatic rings. The molecule has 2 rings (SSSR count). The molecule has 0 amide bonds. The predicted molar refractivity (Wildman–Crippen MR) is 71.1 cm³/mol. The number of pyridine rings is 1. The molecule has 19 heavy (non-hydrogen) atoms. The van der Waals surface area contributed by atoms with E-state index in [2.05, 4.69) is 4.98 Å². The Morgan fingerprint density at radius 1 is 1.16 bits per heavy atom. The van der Waals surface area contributed by atoms with Gasteiger partial charge in [-0.25, -0.2) is 4.79 Å².